The van der Waals surface area contributed by atoms with E-state index in [0.717, 1.165) is 23.4 Å². The van der Waals surface area contributed by atoms with Crippen LogP contribution in [-0.4, -0.2) is 16.6 Å². The van der Waals surface area contributed by atoms with Crippen LogP contribution < -0.4 is 26.3 Å². The molecule has 0 saturated heterocycles. The summed E-state index contributed by atoms with van der Waals surface area (Å²) in [4.78, 5) is 15.4. The number of aromatic nitrogens is 2. The lowest BCUT2D eigenvalue weighted by Gasteiger charge is -2.17. The lowest BCUT2D eigenvalue weighted by Crippen LogP contribution is -2.31. The Morgan fingerprint density at radius 1 is 1.03 bits per heavy atom. The molecule has 0 fully saturated rings. The van der Waals surface area contributed by atoms with Crippen molar-refractivity contribution >= 4 is 22.3 Å². The summed E-state index contributed by atoms with van der Waals surface area (Å²) in [7, 11) is 3.48. The van der Waals surface area contributed by atoms with Crippen molar-refractivity contribution in [2.24, 2.45) is 7.05 Å². The Kier molecular flexibility index (Phi) is 4.00. The first-order valence-corrected chi connectivity index (χ1v) is 9.16. The highest BCUT2D eigenvalue weighted by Crippen LogP contribution is 2.47. The molecule has 1 aliphatic rings. The lowest BCUT2D eigenvalue weighted by molar-refractivity contribution is 0.440. The van der Waals surface area contributed by atoms with E-state index in [9.17, 15) is 13.6 Å². The normalized spacial score (nSPS) is 12.9. The predicted octanol–water partition coefficient (Wildman–Crippen LogP) is 3.89. The zero-order chi connectivity index (χ0) is 21.0. The second-order valence-electron chi connectivity index (χ2n) is 7.03. The first kappa shape index (κ1) is 18.2. The summed E-state index contributed by atoms with van der Waals surface area (Å²) in [6.45, 7) is 0. The standard InChI is InChI=1S/C21H17F2N5O2/c1-27-10-14(12-7-8-24-18(12)21(27)29)13-4-5-16-19(25-26-28(16)2)20(13)30-17-6-3-11(22)9-15(17)23/h3-10,24-26H,1-2H3. The van der Waals surface area contributed by atoms with Gasteiger partial charge in [0, 0.05) is 49.1 Å². The minimum absolute atomic E-state index is 0.113. The monoisotopic (exact) mass is 409 g/mol. The number of H-pyrrole nitrogens is 1. The average molecular weight is 409 g/mol. The van der Waals surface area contributed by atoms with Gasteiger partial charge in [0.1, 0.15) is 17.0 Å². The van der Waals surface area contributed by atoms with Gasteiger partial charge in [0.15, 0.2) is 17.3 Å². The molecule has 3 heterocycles. The minimum atomic E-state index is -0.815. The Bertz CT molecular complexity index is 1360. The number of aromatic amines is 1. The summed E-state index contributed by atoms with van der Waals surface area (Å²) in [5.41, 5.74) is 9.02. The maximum Gasteiger partial charge on any atom is 0.274 e. The molecule has 4 aromatic rings. The molecule has 0 atom stereocenters. The van der Waals surface area contributed by atoms with Crippen molar-refractivity contribution in [1.82, 2.24) is 15.1 Å². The van der Waals surface area contributed by atoms with Crippen LogP contribution in [0.2, 0.25) is 0 Å². The molecule has 0 saturated carbocycles. The van der Waals surface area contributed by atoms with Gasteiger partial charge in [-0.3, -0.25) is 15.2 Å². The number of anilines is 2. The van der Waals surface area contributed by atoms with Gasteiger partial charge in [-0.1, -0.05) is 0 Å². The van der Waals surface area contributed by atoms with Crippen molar-refractivity contribution in [3.8, 4) is 22.6 Å². The molecule has 3 N–H and O–H groups in total. The molecule has 0 spiro atoms. The predicted molar refractivity (Wildman–Crippen MR) is 111 cm³/mol. The van der Waals surface area contributed by atoms with E-state index in [1.54, 1.807) is 30.5 Å². The molecule has 152 valence electrons. The molecule has 30 heavy (non-hydrogen) atoms. The van der Waals surface area contributed by atoms with Gasteiger partial charge in [-0.25, -0.2) is 8.78 Å². The van der Waals surface area contributed by atoms with Crippen LogP contribution in [0.5, 0.6) is 11.5 Å². The third-order valence-electron chi connectivity index (χ3n) is 5.14. The molecule has 0 bridgehead atoms. The molecule has 0 unspecified atom stereocenters. The van der Waals surface area contributed by atoms with Crippen molar-refractivity contribution in [3.05, 3.63) is 70.8 Å². The van der Waals surface area contributed by atoms with E-state index < -0.39 is 11.6 Å². The molecular formula is C21H17F2N5O2. The number of aryl methyl sites for hydroxylation is 1. The fourth-order valence-corrected chi connectivity index (χ4v) is 3.64. The Morgan fingerprint density at radius 3 is 2.67 bits per heavy atom. The van der Waals surface area contributed by atoms with Crippen LogP contribution in [0.1, 0.15) is 0 Å². The number of ether oxygens (including phenoxy) is 1. The maximum absolute atomic E-state index is 14.4. The minimum Gasteiger partial charge on any atom is -0.451 e. The molecule has 9 heteroatoms. The summed E-state index contributed by atoms with van der Waals surface area (Å²) in [5.74, 6) is -1.27. The van der Waals surface area contributed by atoms with E-state index in [2.05, 4.69) is 15.9 Å². The topological polar surface area (TPSA) is 74.3 Å². The van der Waals surface area contributed by atoms with E-state index in [1.165, 1.54) is 10.6 Å². The van der Waals surface area contributed by atoms with Gasteiger partial charge in [0.25, 0.3) is 5.56 Å². The Hall–Kier alpha value is -3.85. The summed E-state index contributed by atoms with van der Waals surface area (Å²) in [6.07, 6.45) is 3.40. The molecule has 2 aromatic heterocycles. The van der Waals surface area contributed by atoms with Gasteiger partial charge >= 0.3 is 0 Å². The molecule has 0 radical (unpaired) electrons. The Labute approximate surface area is 169 Å². The summed E-state index contributed by atoms with van der Waals surface area (Å²) in [5, 5.41) is 2.46. The van der Waals surface area contributed by atoms with Gasteiger partial charge < -0.3 is 14.3 Å². The highest BCUT2D eigenvalue weighted by atomic mass is 19.1. The summed E-state index contributed by atoms with van der Waals surface area (Å²) < 4.78 is 35.2. The first-order valence-electron chi connectivity index (χ1n) is 9.16. The number of fused-ring (bicyclic) bond motifs is 2. The molecule has 1 aliphatic heterocycles. The number of pyridine rings is 1. The molecule has 5 rings (SSSR count). The smallest absolute Gasteiger partial charge is 0.274 e. The van der Waals surface area contributed by atoms with Crippen LogP contribution in [0, 0.1) is 11.6 Å². The zero-order valence-corrected chi connectivity index (χ0v) is 16.1. The Morgan fingerprint density at radius 2 is 1.87 bits per heavy atom. The second-order valence-corrected chi connectivity index (χ2v) is 7.03. The highest BCUT2D eigenvalue weighted by molar-refractivity contribution is 5.99. The summed E-state index contributed by atoms with van der Waals surface area (Å²) >= 11 is 0. The number of benzene rings is 2. The quantitative estimate of drug-likeness (QED) is 0.479. The number of nitrogens with zero attached hydrogens (tertiary/aromatic N) is 2. The highest BCUT2D eigenvalue weighted by Gasteiger charge is 2.25. The van der Waals surface area contributed by atoms with Gasteiger partial charge in [0.05, 0.1) is 5.69 Å². The van der Waals surface area contributed by atoms with Crippen molar-refractivity contribution in [3.63, 3.8) is 0 Å². The maximum atomic E-state index is 14.4. The SMILES string of the molecule is CN1NNc2c1ccc(-c1cn(C)c(=O)c3[nH]ccc13)c2Oc1ccc(F)cc1F. The van der Waals surface area contributed by atoms with E-state index in [-0.39, 0.29) is 11.3 Å². The molecule has 0 aliphatic carbocycles. The van der Waals surface area contributed by atoms with Crippen LogP contribution in [-0.2, 0) is 7.05 Å². The third-order valence-corrected chi connectivity index (χ3v) is 5.14. The number of nitrogens with one attached hydrogen (secondary N) is 3. The fraction of sp³-hybridized carbons (Fsp3) is 0.0952. The van der Waals surface area contributed by atoms with Gasteiger partial charge in [0.2, 0.25) is 0 Å². The van der Waals surface area contributed by atoms with Crippen LogP contribution in [0.25, 0.3) is 22.0 Å². The first-order chi connectivity index (χ1) is 14.4. The van der Waals surface area contributed by atoms with E-state index in [0.29, 0.717) is 27.9 Å². The average Bonchev–Trinajstić information content (AvgIpc) is 3.35. The van der Waals surface area contributed by atoms with Crippen LogP contribution in [0.4, 0.5) is 20.2 Å². The molecule has 7 nitrogen and oxygen atoms in total. The van der Waals surface area contributed by atoms with Crippen molar-refractivity contribution in [2.45, 2.75) is 0 Å². The summed E-state index contributed by atoms with van der Waals surface area (Å²) in [6, 6.07) is 8.68. The zero-order valence-electron chi connectivity index (χ0n) is 16.1. The van der Waals surface area contributed by atoms with Crippen LogP contribution in [0.15, 0.2) is 53.6 Å². The van der Waals surface area contributed by atoms with E-state index >= 15 is 0 Å². The van der Waals surface area contributed by atoms with Crippen molar-refractivity contribution in [1.29, 1.82) is 0 Å². The number of halogens is 2. The number of hydrogen-bond donors (Lipinski definition) is 3. The largest absolute Gasteiger partial charge is 0.451 e. The van der Waals surface area contributed by atoms with Crippen molar-refractivity contribution in [2.75, 3.05) is 17.5 Å². The van der Waals surface area contributed by atoms with Crippen LogP contribution in [0.3, 0.4) is 0 Å². The number of hydrazine groups is 2. The van der Waals surface area contributed by atoms with Gasteiger partial charge in [-0.2, -0.15) is 0 Å². The van der Waals surface area contributed by atoms with Gasteiger partial charge in [-0.05, 0) is 30.3 Å². The second kappa shape index (κ2) is 6.60. The van der Waals surface area contributed by atoms with Gasteiger partial charge in [-0.15, -0.1) is 5.53 Å². The molecular weight excluding hydrogens is 392 g/mol. The Balaban J connectivity index is 1.77. The molecule has 2 aromatic carbocycles. The lowest BCUT2D eigenvalue weighted by atomic mass is 10.0. The number of hydrogen-bond acceptors (Lipinski definition) is 5. The number of rotatable bonds is 3. The van der Waals surface area contributed by atoms with E-state index in [1.807, 2.05) is 19.2 Å². The third kappa shape index (κ3) is 2.71. The molecule has 0 amide bonds. The van der Waals surface area contributed by atoms with E-state index in [4.69, 9.17) is 4.74 Å². The fourth-order valence-electron chi connectivity index (χ4n) is 3.64. The van der Waals surface area contributed by atoms with Crippen molar-refractivity contribution < 1.29 is 13.5 Å². The van der Waals surface area contributed by atoms with Crippen LogP contribution >= 0.6 is 0 Å².